The zero-order chi connectivity index (χ0) is 22.2. The van der Waals surface area contributed by atoms with Crippen LogP contribution in [0.2, 0.25) is 18.1 Å². The maximum absolute atomic E-state index is 13.3. The van der Waals surface area contributed by atoms with Crippen LogP contribution >= 0.6 is 0 Å². The largest absolute Gasteiger partial charge is 0.416 e. The Balaban J connectivity index is 1.82. The Hall–Kier alpha value is -2.63. The Bertz CT molecular complexity index is 1090. The second-order valence-electron chi connectivity index (χ2n) is 9.81. The summed E-state index contributed by atoms with van der Waals surface area (Å²) in [4.78, 5) is 13.3. The summed E-state index contributed by atoms with van der Waals surface area (Å²) in [5, 5.41) is 9.27. The Morgan fingerprint density at radius 2 is 1.42 bits per heavy atom. The summed E-state index contributed by atoms with van der Waals surface area (Å²) in [6.07, 6.45) is 0.441. The van der Waals surface area contributed by atoms with E-state index in [1.54, 1.807) is 0 Å². The van der Waals surface area contributed by atoms with Crippen molar-refractivity contribution in [1.29, 1.82) is 0 Å². The number of Topliss-reactive ketones (excluding diaryl/α,β-unsaturated/α-hetero) is 1. The molecule has 2 aromatic carbocycles. The number of nitrogens with zero attached hydrogens (tertiary/aromatic N) is 2. The van der Waals surface area contributed by atoms with Crippen molar-refractivity contribution in [1.82, 2.24) is 10.2 Å². The van der Waals surface area contributed by atoms with E-state index in [0.29, 0.717) is 24.3 Å². The van der Waals surface area contributed by atoms with Crippen LogP contribution in [0.3, 0.4) is 0 Å². The fraction of sp³-hybridized carbons (Fsp3) is 0.346. The molecule has 0 saturated heterocycles. The third-order valence-electron chi connectivity index (χ3n) is 6.68. The van der Waals surface area contributed by atoms with Gasteiger partial charge in [-0.15, -0.1) is 10.2 Å². The summed E-state index contributed by atoms with van der Waals surface area (Å²) >= 11 is 0. The molecule has 0 saturated carbocycles. The summed E-state index contributed by atoms with van der Waals surface area (Å²) in [5.41, 5.74) is 5.08. The normalized spacial score (nSPS) is 16.4. The molecule has 1 aliphatic carbocycles. The standard InChI is InChI=1S/C26H30N2O2Si/c1-26(2,3)31(4,5)30-17-20-16-21(29)23-22(20)24(18-12-8-6-9-13-18)27-28-25(23)19-14-10-7-11-15-19/h6-15,20H,16-17H2,1-5H3/t20-/m1/s1. The lowest BCUT2D eigenvalue weighted by Gasteiger charge is -2.37. The van der Waals surface area contributed by atoms with Gasteiger partial charge in [-0.3, -0.25) is 4.79 Å². The van der Waals surface area contributed by atoms with E-state index in [4.69, 9.17) is 4.43 Å². The van der Waals surface area contributed by atoms with Gasteiger partial charge >= 0.3 is 0 Å². The highest BCUT2D eigenvalue weighted by Crippen LogP contribution is 2.44. The van der Waals surface area contributed by atoms with Gasteiger partial charge in [0.25, 0.3) is 0 Å². The first-order valence-corrected chi connectivity index (χ1v) is 13.8. The Labute approximate surface area is 185 Å². The van der Waals surface area contributed by atoms with Crippen molar-refractivity contribution in [3.63, 3.8) is 0 Å². The van der Waals surface area contributed by atoms with Gasteiger partial charge < -0.3 is 4.43 Å². The highest BCUT2D eigenvalue weighted by atomic mass is 28.4. The molecule has 0 spiro atoms. The van der Waals surface area contributed by atoms with Gasteiger partial charge in [-0.05, 0) is 23.7 Å². The van der Waals surface area contributed by atoms with Gasteiger partial charge in [-0.25, -0.2) is 0 Å². The molecular weight excluding hydrogens is 400 g/mol. The second-order valence-corrected chi connectivity index (χ2v) is 14.6. The zero-order valence-corrected chi connectivity index (χ0v) is 20.0. The highest BCUT2D eigenvalue weighted by Gasteiger charge is 2.41. The first-order chi connectivity index (χ1) is 14.7. The number of carbonyl (C=O) groups is 1. The Morgan fingerprint density at radius 1 is 0.903 bits per heavy atom. The maximum Gasteiger partial charge on any atom is 0.192 e. The van der Waals surface area contributed by atoms with Crippen LogP contribution in [-0.2, 0) is 4.43 Å². The molecule has 4 nitrogen and oxygen atoms in total. The van der Waals surface area contributed by atoms with Crippen LogP contribution in [0, 0.1) is 0 Å². The van der Waals surface area contributed by atoms with Gasteiger partial charge in [0, 0.05) is 30.1 Å². The van der Waals surface area contributed by atoms with E-state index in [9.17, 15) is 4.79 Å². The minimum atomic E-state index is -1.94. The van der Waals surface area contributed by atoms with Gasteiger partial charge in [0.15, 0.2) is 14.1 Å². The molecule has 1 aromatic heterocycles. The number of benzene rings is 2. The van der Waals surface area contributed by atoms with Crippen molar-refractivity contribution in [3.05, 3.63) is 71.8 Å². The minimum Gasteiger partial charge on any atom is -0.416 e. The van der Waals surface area contributed by atoms with Crippen molar-refractivity contribution >= 4 is 14.1 Å². The third-order valence-corrected chi connectivity index (χ3v) is 11.2. The number of rotatable bonds is 5. The molecule has 0 bridgehead atoms. The van der Waals surface area contributed by atoms with Crippen LogP contribution < -0.4 is 0 Å². The van der Waals surface area contributed by atoms with Gasteiger partial charge in [-0.1, -0.05) is 81.4 Å². The van der Waals surface area contributed by atoms with Crippen molar-refractivity contribution in [3.8, 4) is 22.5 Å². The first-order valence-electron chi connectivity index (χ1n) is 10.9. The predicted molar refractivity (Wildman–Crippen MR) is 128 cm³/mol. The highest BCUT2D eigenvalue weighted by molar-refractivity contribution is 6.74. The second kappa shape index (κ2) is 8.13. The topological polar surface area (TPSA) is 52.1 Å². The number of fused-ring (bicyclic) bond motifs is 1. The van der Waals surface area contributed by atoms with Gasteiger partial charge in [-0.2, -0.15) is 0 Å². The molecule has 0 radical (unpaired) electrons. The number of hydrogen-bond acceptors (Lipinski definition) is 4. The molecule has 0 aliphatic heterocycles. The monoisotopic (exact) mass is 430 g/mol. The molecule has 1 heterocycles. The summed E-state index contributed by atoms with van der Waals surface area (Å²) in [6.45, 7) is 11.8. The maximum atomic E-state index is 13.3. The average Bonchev–Trinajstić information content (AvgIpc) is 3.09. The first kappa shape index (κ1) is 21.6. The zero-order valence-electron chi connectivity index (χ0n) is 19.0. The predicted octanol–water partition coefficient (Wildman–Crippen LogP) is 6.50. The number of hydrogen-bond donors (Lipinski definition) is 0. The molecule has 1 aliphatic rings. The summed E-state index contributed by atoms with van der Waals surface area (Å²) in [6, 6.07) is 19.9. The van der Waals surface area contributed by atoms with E-state index in [-0.39, 0.29) is 16.7 Å². The van der Waals surface area contributed by atoms with Crippen molar-refractivity contribution < 1.29 is 9.22 Å². The van der Waals surface area contributed by atoms with Crippen molar-refractivity contribution in [2.75, 3.05) is 6.61 Å². The van der Waals surface area contributed by atoms with Crippen LogP contribution in [0.4, 0.5) is 0 Å². The van der Waals surface area contributed by atoms with E-state index < -0.39 is 8.32 Å². The Morgan fingerprint density at radius 3 is 1.97 bits per heavy atom. The van der Waals surface area contributed by atoms with Crippen molar-refractivity contribution in [2.45, 2.75) is 51.2 Å². The molecular formula is C26H30N2O2Si. The third kappa shape index (κ3) is 4.12. The van der Waals surface area contributed by atoms with E-state index in [0.717, 1.165) is 22.4 Å². The number of carbonyl (C=O) groups excluding carboxylic acids is 1. The Kier molecular flexibility index (Phi) is 5.67. The fourth-order valence-corrected chi connectivity index (χ4v) is 4.88. The van der Waals surface area contributed by atoms with Crippen LogP contribution in [0.25, 0.3) is 22.5 Å². The molecule has 0 fully saturated rings. The van der Waals surface area contributed by atoms with Crippen LogP contribution in [0.15, 0.2) is 60.7 Å². The smallest absolute Gasteiger partial charge is 0.192 e. The molecule has 4 rings (SSSR count). The van der Waals surface area contributed by atoms with E-state index in [2.05, 4.69) is 44.1 Å². The molecule has 1 atom stereocenters. The lowest BCUT2D eigenvalue weighted by molar-refractivity contribution is 0.0981. The van der Waals surface area contributed by atoms with E-state index >= 15 is 0 Å². The van der Waals surface area contributed by atoms with Crippen LogP contribution in [0.5, 0.6) is 0 Å². The molecule has 3 aromatic rings. The molecule has 0 unspecified atom stereocenters. The SMILES string of the molecule is CC(C)(C)[Si](C)(C)OC[C@H]1CC(=O)c2c(-c3ccccc3)nnc(-c3ccccc3)c21. The van der Waals surface area contributed by atoms with Gasteiger partial charge in [0.05, 0.1) is 11.3 Å². The lowest BCUT2D eigenvalue weighted by atomic mass is 9.95. The van der Waals surface area contributed by atoms with Gasteiger partial charge in [0.2, 0.25) is 0 Å². The molecule has 160 valence electrons. The van der Waals surface area contributed by atoms with Crippen LogP contribution in [-0.4, -0.2) is 30.9 Å². The fourth-order valence-electron chi connectivity index (χ4n) is 3.83. The molecule has 5 heteroatoms. The number of ketones is 1. The quantitative estimate of drug-likeness (QED) is 0.433. The summed E-state index contributed by atoms with van der Waals surface area (Å²) in [5.74, 6) is 0.120. The van der Waals surface area contributed by atoms with Crippen molar-refractivity contribution in [2.24, 2.45) is 0 Å². The molecule has 0 amide bonds. The van der Waals surface area contributed by atoms with Crippen LogP contribution in [0.1, 0.15) is 49.0 Å². The van der Waals surface area contributed by atoms with Gasteiger partial charge in [0.1, 0.15) is 5.69 Å². The minimum absolute atomic E-state index is 0.00945. The number of aromatic nitrogens is 2. The average molecular weight is 431 g/mol. The molecule has 0 N–H and O–H groups in total. The molecule has 31 heavy (non-hydrogen) atoms. The summed E-state index contributed by atoms with van der Waals surface area (Å²) < 4.78 is 6.56. The lowest BCUT2D eigenvalue weighted by Crippen LogP contribution is -2.41. The summed E-state index contributed by atoms with van der Waals surface area (Å²) in [7, 11) is -1.94. The van der Waals surface area contributed by atoms with E-state index in [1.807, 2.05) is 60.7 Å². The van der Waals surface area contributed by atoms with E-state index in [1.165, 1.54) is 0 Å².